The van der Waals surface area contributed by atoms with Crippen molar-refractivity contribution in [3.8, 4) is 11.5 Å². The lowest BCUT2D eigenvalue weighted by molar-refractivity contribution is 0.603. The van der Waals surface area contributed by atoms with Gasteiger partial charge in [0.1, 0.15) is 10.8 Å². The summed E-state index contributed by atoms with van der Waals surface area (Å²) in [5, 5.41) is 0.601. The van der Waals surface area contributed by atoms with Gasteiger partial charge in [0.25, 0.3) is 0 Å². The molecular formula is C13H15ClN4. The summed E-state index contributed by atoms with van der Waals surface area (Å²) in [5.41, 5.74) is 3.15. The first-order valence-electron chi connectivity index (χ1n) is 6.24. The maximum Gasteiger partial charge on any atom is 0.179 e. The zero-order valence-electron chi connectivity index (χ0n) is 10.5. The highest BCUT2D eigenvalue weighted by Gasteiger charge is 2.20. The van der Waals surface area contributed by atoms with Gasteiger partial charge in [0.2, 0.25) is 0 Å². The fourth-order valence-electron chi connectivity index (χ4n) is 2.39. The van der Waals surface area contributed by atoms with Gasteiger partial charge in [0.15, 0.2) is 5.82 Å². The number of rotatable bonds is 2. The van der Waals surface area contributed by atoms with Gasteiger partial charge in [0, 0.05) is 17.3 Å². The van der Waals surface area contributed by atoms with Crippen molar-refractivity contribution in [2.45, 2.75) is 39.2 Å². The van der Waals surface area contributed by atoms with E-state index in [1.54, 1.807) is 6.20 Å². The smallest absolute Gasteiger partial charge is 0.179 e. The summed E-state index contributed by atoms with van der Waals surface area (Å²) in [6, 6.07) is 0.332. The minimum Gasteiger partial charge on any atom is -0.325 e. The largest absolute Gasteiger partial charge is 0.325 e. The fraction of sp³-hybridized carbons (Fsp3) is 0.462. The summed E-state index contributed by atoms with van der Waals surface area (Å²) in [6.07, 6.45) is 6.73. The molecule has 0 saturated heterocycles. The van der Waals surface area contributed by atoms with Crippen LogP contribution >= 0.6 is 11.6 Å². The molecule has 94 valence electrons. The molecule has 0 aliphatic heterocycles. The molecule has 5 heteroatoms. The summed E-state index contributed by atoms with van der Waals surface area (Å²) in [6.45, 7) is 4.22. The normalized spacial score (nSPS) is 14.2. The SMILES string of the molecule is CC(C)n1cncc1-c1nc(Cl)c2c(n1)CCC2. The minimum absolute atomic E-state index is 0.332. The lowest BCUT2D eigenvalue weighted by Crippen LogP contribution is -2.05. The van der Waals surface area contributed by atoms with Gasteiger partial charge in [-0.15, -0.1) is 0 Å². The van der Waals surface area contributed by atoms with Gasteiger partial charge in [-0.3, -0.25) is 0 Å². The van der Waals surface area contributed by atoms with Crippen LogP contribution in [-0.4, -0.2) is 19.5 Å². The first-order chi connectivity index (χ1) is 8.66. The Morgan fingerprint density at radius 1 is 1.28 bits per heavy atom. The van der Waals surface area contributed by atoms with Gasteiger partial charge in [-0.1, -0.05) is 11.6 Å². The van der Waals surface area contributed by atoms with Gasteiger partial charge in [-0.05, 0) is 33.1 Å². The molecule has 0 fully saturated rings. The molecule has 0 unspecified atom stereocenters. The number of halogens is 1. The zero-order chi connectivity index (χ0) is 12.7. The standard InChI is InChI=1S/C13H15ClN4/c1-8(2)18-7-15-6-11(18)13-16-10-5-3-4-9(10)12(14)17-13/h6-8H,3-5H2,1-2H3. The summed E-state index contributed by atoms with van der Waals surface area (Å²) in [4.78, 5) is 13.2. The van der Waals surface area contributed by atoms with Crippen LogP contribution in [0.4, 0.5) is 0 Å². The van der Waals surface area contributed by atoms with Crippen LogP contribution in [0.1, 0.15) is 37.6 Å². The highest BCUT2D eigenvalue weighted by atomic mass is 35.5. The molecule has 0 saturated carbocycles. The van der Waals surface area contributed by atoms with Crippen LogP contribution in [-0.2, 0) is 12.8 Å². The van der Waals surface area contributed by atoms with Crippen molar-refractivity contribution in [3.63, 3.8) is 0 Å². The maximum atomic E-state index is 6.24. The first-order valence-corrected chi connectivity index (χ1v) is 6.62. The highest BCUT2D eigenvalue weighted by molar-refractivity contribution is 6.30. The van der Waals surface area contributed by atoms with Crippen molar-refractivity contribution in [1.82, 2.24) is 19.5 Å². The highest BCUT2D eigenvalue weighted by Crippen LogP contribution is 2.29. The Balaban J connectivity index is 2.12. The van der Waals surface area contributed by atoms with Crippen LogP contribution in [0.25, 0.3) is 11.5 Å². The Morgan fingerprint density at radius 3 is 2.89 bits per heavy atom. The van der Waals surface area contributed by atoms with Crippen molar-refractivity contribution in [1.29, 1.82) is 0 Å². The zero-order valence-corrected chi connectivity index (χ0v) is 11.3. The Morgan fingerprint density at radius 2 is 2.11 bits per heavy atom. The van der Waals surface area contributed by atoms with E-state index < -0.39 is 0 Å². The number of nitrogens with zero attached hydrogens (tertiary/aromatic N) is 4. The van der Waals surface area contributed by atoms with Crippen molar-refractivity contribution >= 4 is 11.6 Å². The predicted molar refractivity (Wildman–Crippen MR) is 70.7 cm³/mol. The summed E-state index contributed by atoms with van der Waals surface area (Å²) in [7, 11) is 0. The maximum absolute atomic E-state index is 6.24. The molecule has 1 aliphatic rings. The second-order valence-electron chi connectivity index (χ2n) is 4.90. The lowest BCUT2D eigenvalue weighted by atomic mass is 10.2. The van der Waals surface area contributed by atoms with E-state index in [1.165, 1.54) is 0 Å². The van der Waals surface area contributed by atoms with Crippen LogP contribution in [0.5, 0.6) is 0 Å². The molecule has 1 aliphatic carbocycles. The lowest BCUT2D eigenvalue weighted by Gasteiger charge is -2.11. The molecule has 0 atom stereocenters. The van der Waals surface area contributed by atoms with Crippen LogP contribution < -0.4 is 0 Å². The number of imidazole rings is 1. The fourth-order valence-corrected chi connectivity index (χ4v) is 2.67. The molecule has 0 amide bonds. The number of hydrogen-bond acceptors (Lipinski definition) is 3. The van der Waals surface area contributed by atoms with E-state index >= 15 is 0 Å². The number of aryl methyl sites for hydroxylation is 1. The third kappa shape index (κ3) is 1.81. The van der Waals surface area contributed by atoms with Gasteiger partial charge in [-0.25, -0.2) is 15.0 Å². The summed E-state index contributed by atoms with van der Waals surface area (Å²) >= 11 is 6.24. The van der Waals surface area contributed by atoms with Gasteiger partial charge in [-0.2, -0.15) is 0 Å². The van der Waals surface area contributed by atoms with Gasteiger partial charge >= 0.3 is 0 Å². The molecule has 0 spiro atoms. The molecule has 0 aromatic carbocycles. The Labute approximate surface area is 111 Å². The van der Waals surface area contributed by atoms with Crippen molar-refractivity contribution in [2.75, 3.05) is 0 Å². The van der Waals surface area contributed by atoms with E-state index in [2.05, 4.69) is 33.4 Å². The van der Waals surface area contributed by atoms with Crippen molar-refractivity contribution in [2.24, 2.45) is 0 Å². The number of aromatic nitrogens is 4. The molecule has 18 heavy (non-hydrogen) atoms. The Hall–Kier alpha value is -1.42. The van der Waals surface area contributed by atoms with E-state index in [9.17, 15) is 0 Å². The number of fused-ring (bicyclic) bond motifs is 1. The van der Waals surface area contributed by atoms with Crippen LogP contribution in [0, 0.1) is 0 Å². The van der Waals surface area contributed by atoms with Crippen LogP contribution in [0.3, 0.4) is 0 Å². The monoisotopic (exact) mass is 262 g/mol. The van der Waals surface area contributed by atoms with E-state index in [0.29, 0.717) is 17.0 Å². The third-order valence-electron chi connectivity index (χ3n) is 3.33. The quantitative estimate of drug-likeness (QED) is 0.782. The predicted octanol–water partition coefficient (Wildman–Crippen LogP) is 3.06. The summed E-state index contributed by atoms with van der Waals surface area (Å²) < 4.78 is 2.06. The summed E-state index contributed by atoms with van der Waals surface area (Å²) in [5.74, 6) is 0.687. The van der Waals surface area contributed by atoms with E-state index in [0.717, 1.165) is 36.2 Å². The number of hydrogen-bond donors (Lipinski definition) is 0. The second-order valence-corrected chi connectivity index (χ2v) is 5.25. The molecule has 0 radical (unpaired) electrons. The molecule has 2 aromatic rings. The topological polar surface area (TPSA) is 43.6 Å². The van der Waals surface area contributed by atoms with Crippen LogP contribution in [0.15, 0.2) is 12.5 Å². The van der Waals surface area contributed by atoms with Gasteiger partial charge in [0.05, 0.1) is 12.5 Å². The molecule has 2 aromatic heterocycles. The molecule has 3 rings (SSSR count). The van der Waals surface area contributed by atoms with Crippen molar-refractivity contribution < 1.29 is 0 Å². The molecular weight excluding hydrogens is 248 g/mol. The minimum atomic E-state index is 0.332. The third-order valence-corrected chi connectivity index (χ3v) is 3.65. The molecule has 0 N–H and O–H groups in total. The Kier molecular flexibility index (Phi) is 2.82. The average Bonchev–Trinajstić information content (AvgIpc) is 2.97. The van der Waals surface area contributed by atoms with E-state index in [-0.39, 0.29) is 0 Å². The van der Waals surface area contributed by atoms with Gasteiger partial charge < -0.3 is 4.57 Å². The average molecular weight is 263 g/mol. The van der Waals surface area contributed by atoms with Crippen molar-refractivity contribution in [3.05, 3.63) is 28.9 Å². The Bertz CT molecular complexity index is 589. The second kappa shape index (κ2) is 4.35. The van der Waals surface area contributed by atoms with E-state index in [4.69, 9.17) is 11.6 Å². The molecule has 0 bridgehead atoms. The molecule has 4 nitrogen and oxygen atoms in total. The molecule has 2 heterocycles. The van der Waals surface area contributed by atoms with E-state index in [1.807, 2.05) is 6.33 Å². The first kappa shape index (κ1) is 11.7. The van der Waals surface area contributed by atoms with Crippen LogP contribution in [0.2, 0.25) is 5.15 Å².